The minimum absolute atomic E-state index is 0.0187. The molecule has 29 heavy (non-hydrogen) atoms. The number of nitrogens with zero attached hydrogens (tertiary/aromatic N) is 2. The first kappa shape index (κ1) is 20.3. The van der Waals surface area contributed by atoms with Crippen LogP contribution in [0, 0.1) is 5.41 Å². The van der Waals surface area contributed by atoms with Gasteiger partial charge in [-0.2, -0.15) is 0 Å². The molecule has 5 rings (SSSR count). The van der Waals surface area contributed by atoms with E-state index in [0.717, 1.165) is 31.7 Å². The van der Waals surface area contributed by atoms with Crippen molar-refractivity contribution in [1.29, 1.82) is 0 Å². The maximum absolute atomic E-state index is 12.8. The van der Waals surface area contributed by atoms with Gasteiger partial charge in [0.25, 0.3) is 0 Å². The van der Waals surface area contributed by atoms with Crippen LogP contribution in [0.3, 0.4) is 0 Å². The number of benzene rings is 1. The second-order valence-corrected chi connectivity index (χ2v) is 8.81. The fraction of sp³-hybridized carbons (Fsp3) is 0.696. The number of aliphatic hydroxyl groups is 1. The van der Waals surface area contributed by atoms with E-state index < -0.39 is 0 Å². The molecule has 0 aromatic heterocycles. The molecular formula is C23H35N3O3. The molecule has 3 aliphatic heterocycles. The van der Waals surface area contributed by atoms with Crippen molar-refractivity contribution >= 4 is 11.7 Å². The monoisotopic (exact) mass is 401 g/mol. The van der Waals surface area contributed by atoms with Crippen LogP contribution in [0.5, 0.6) is 5.75 Å². The number of piperidine rings is 1. The summed E-state index contributed by atoms with van der Waals surface area (Å²) in [5.41, 5.74) is 1.55. The average Bonchev–Trinajstić information content (AvgIpc) is 3.02. The van der Waals surface area contributed by atoms with Crippen LogP contribution in [0.15, 0.2) is 24.3 Å². The minimum Gasteiger partial charge on any atom is -0.494 e. The Hall–Kier alpha value is -1.95. The van der Waals surface area contributed by atoms with Gasteiger partial charge in [0.05, 0.1) is 19.3 Å². The minimum atomic E-state index is -0.0239. The molecule has 2 bridgehead atoms. The van der Waals surface area contributed by atoms with Crippen LogP contribution in [0.25, 0.3) is 0 Å². The topological polar surface area (TPSA) is 65.0 Å². The lowest BCUT2D eigenvalue weighted by atomic mass is 9.63. The highest BCUT2D eigenvalue weighted by Crippen LogP contribution is 2.52. The van der Waals surface area contributed by atoms with Gasteiger partial charge >= 0.3 is 6.03 Å². The third-order valence-electron chi connectivity index (χ3n) is 7.19. The van der Waals surface area contributed by atoms with E-state index in [1.54, 1.807) is 0 Å². The van der Waals surface area contributed by atoms with E-state index in [9.17, 15) is 4.79 Å². The van der Waals surface area contributed by atoms with Gasteiger partial charge in [0.1, 0.15) is 5.75 Å². The van der Waals surface area contributed by atoms with E-state index >= 15 is 0 Å². The highest BCUT2D eigenvalue weighted by molar-refractivity contribution is 5.75. The number of fused-ring (bicyclic) bond motifs is 3. The van der Waals surface area contributed by atoms with Crippen molar-refractivity contribution in [2.75, 3.05) is 37.7 Å². The standard InChI is InChI=1S/C23H35N3O3/c1-2-29-20-8-6-18(7-9-20)26-17-19-16-23(11-4-3-5-12-23)21(26)10-14-25(19)22(28)24-13-15-27/h6-9,19,21,27H,2-5,10-17H2,1H3,(H,24,28)/t19?,21-/m1/s1. The lowest BCUT2D eigenvalue weighted by Crippen LogP contribution is -2.59. The van der Waals surface area contributed by atoms with Gasteiger partial charge in [-0.15, -0.1) is 0 Å². The largest absolute Gasteiger partial charge is 0.494 e. The highest BCUT2D eigenvalue weighted by Gasteiger charge is 2.52. The van der Waals surface area contributed by atoms with Crippen molar-refractivity contribution in [1.82, 2.24) is 10.2 Å². The second-order valence-electron chi connectivity index (χ2n) is 8.81. The number of aliphatic hydroxyl groups excluding tert-OH is 1. The molecule has 1 aromatic rings. The summed E-state index contributed by atoms with van der Waals surface area (Å²) in [6, 6.07) is 9.17. The summed E-state index contributed by atoms with van der Waals surface area (Å²) in [6.07, 6.45) is 8.60. The lowest BCUT2D eigenvalue weighted by molar-refractivity contribution is 0.0811. The first-order valence-electron chi connectivity index (χ1n) is 11.3. The number of hydrogen-bond donors (Lipinski definition) is 2. The quantitative estimate of drug-likeness (QED) is 0.794. The van der Waals surface area contributed by atoms with Gasteiger partial charge in [-0.05, 0) is 62.3 Å². The zero-order chi connectivity index (χ0) is 20.3. The first-order chi connectivity index (χ1) is 14.2. The summed E-state index contributed by atoms with van der Waals surface area (Å²) in [6.45, 7) is 4.66. The van der Waals surface area contributed by atoms with E-state index in [4.69, 9.17) is 9.84 Å². The highest BCUT2D eigenvalue weighted by atomic mass is 16.5. The maximum atomic E-state index is 12.8. The molecular weight excluding hydrogens is 366 g/mol. The second kappa shape index (κ2) is 8.82. The van der Waals surface area contributed by atoms with E-state index in [1.807, 2.05) is 11.8 Å². The molecule has 3 saturated heterocycles. The van der Waals surface area contributed by atoms with Gasteiger partial charge in [-0.25, -0.2) is 4.79 Å². The Labute approximate surface area is 174 Å². The molecule has 3 heterocycles. The third-order valence-corrected chi connectivity index (χ3v) is 7.19. The third kappa shape index (κ3) is 4.04. The maximum Gasteiger partial charge on any atom is 0.317 e. The smallest absolute Gasteiger partial charge is 0.317 e. The summed E-state index contributed by atoms with van der Waals surface area (Å²) >= 11 is 0. The number of carbonyl (C=O) groups is 1. The Morgan fingerprint density at radius 3 is 2.69 bits per heavy atom. The van der Waals surface area contributed by atoms with Crippen molar-refractivity contribution in [3.8, 4) is 5.75 Å². The number of nitrogens with one attached hydrogen (secondary N) is 1. The van der Waals surface area contributed by atoms with E-state index in [0.29, 0.717) is 24.6 Å². The summed E-state index contributed by atoms with van der Waals surface area (Å²) in [7, 11) is 0. The van der Waals surface area contributed by atoms with Crippen molar-refractivity contribution in [2.45, 2.75) is 64.0 Å². The first-order valence-corrected chi connectivity index (χ1v) is 11.3. The summed E-state index contributed by atoms with van der Waals surface area (Å²) < 4.78 is 5.63. The molecule has 0 radical (unpaired) electrons. The summed E-state index contributed by atoms with van der Waals surface area (Å²) in [5.74, 6) is 0.911. The van der Waals surface area contributed by atoms with Crippen LogP contribution < -0.4 is 15.0 Å². The molecule has 2 amide bonds. The van der Waals surface area contributed by atoms with Crippen molar-refractivity contribution in [2.24, 2.45) is 5.41 Å². The number of amides is 2. The Kier molecular flexibility index (Phi) is 6.18. The number of ether oxygens (including phenoxy) is 1. The zero-order valence-electron chi connectivity index (χ0n) is 17.6. The predicted octanol–water partition coefficient (Wildman–Crippen LogP) is 3.39. The Balaban J connectivity index is 1.62. The summed E-state index contributed by atoms with van der Waals surface area (Å²) in [5, 5.41) is 12.0. The van der Waals surface area contributed by atoms with Gasteiger partial charge in [-0.1, -0.05) is 19.3 Å². The van der Waals surface area contributed by atoms with Crippen LogP contribution in [0.4, 0.5) is 10.5 Å². The van der Waals surface area contributed by atoms with Gasteiger partial charge in [0, 0.05) is 31.4 Å². The molecule has 1 unspecified atom stereocenters. The average molecular weight is 402 g/mol. The molecule has 4 aliphatic rings. The Bertz CT molecular complexity index is 687. The Morgan fingerprint density at radius 2 is 2.00 bits per heavy atom. The van der Waals surface area contributed by atoms with Gasteiger partial charge < -0.3 is 25.0 Å². The molecule has 2 atom stereocenters. The van der Waals surface area contributed by atoms with E-state index in [1.165, 1.54) is 37.8 Å². The molecule has 6 nitrogen and oxygen atoms in total. The Morgan fingerprint density at radius 1 is 1.24 bits per heavy atom. The molecule has 1 saturated carbocycles. The number of carbonyl (C=O) groups excluding carboxylic acids is 1. The van der Waals surface area contributed by atoms with E-state index in [-0.39, 0.29) is 18.7 Å². The number of hydrogen-bond acceptors (Lipinski definition) is 4. The number of anilines is 1. The van der Waals surface area contributed by atoms with Gasteiger partial charge in [0.2, 0.25) is 0 Å². The molecule has 1 aliphatic carbocycles. The van der Waals surface area contributed by atoms with Crippen molar-refractivity contribution < 1.29 is 14.6 Å². The predicted molar refractivity (Wildman–Crippen MR) is 114 cm³/mol. The normalized spacial score (nSPS) is 25.7. The SMILES string of the molecule is CCOc1ccc(N2CC3CC4(CCCCC4)[C@H]2CCN3C(=O)NCCO)cc1. The van der Waals surface area contributed by atoms with Crippen LogP contribution in [-0.4, -0.2) is 61.0 Å². The fourth-order valence-corrected chi connectivity index (χ4v) is 5.98. The zero-order valence-corrected chi connectivity index (χ0v) is 17.6. The van der Waals surface area contributed by atoms with Gasteiger partial charge in [-0.3, -0.25) is 0 Å². The van der Waals surface area contributed by atoms with Crippen LogP contribution in [-0.2, 0) is 0 Å². The number of urea groups is 1. The fourth-order valence-electron chi connectivity index (χ4n) is 5.98. The molecule has 160 valence electrons. The molecule has 1 spiro atoms. The molecule has 1 aromatic carbocycles. The van der Waals surface area contributed by atoms with Gasteiger partial charge in [0.15, 0.2) is 0 Å². The van der Waals surface area contributed by atoms with Crippen LogP contribution in [0.2, 0.25) is 0 Å². The van der Waals surface area contributed by atoms with Crippen LogP contribution in [0.1, 0.15) is 51.9 Å². The van der Waals surface area contributed by atoms with Crippen molar-refractivity contribution in [3.05, 3.63) is 24.3 Å². The molecule has 2 N–H and O–H groups in total. The van der Waals surface area contributed by atoms with Crippen molar-refractivity contribution in [3.63, 3.8) is 0 Å². The van der Waals surface area contributed by atoms with E-state index in [2.05, 4.69) is 34.5 Å². The number of rotatable bonds is 5. The lowest BCUT2D eigenvalue weighted by Gasteiger charge is -2.54. The van der Waals surface area contributed by atoms with Crippen LogP contribution >= 0.6 is 0 Å². The molecule has 6 heteroatoms. The molecule has 4 fully saturated rings. The summed E-state index contributed by atoms with van der Waals surface area (Å²) in [4.78, 5) is 17.4.